The lowest BCUT2D eigenvalue weighted by atomic mass is 9.93. The summed E-state index contributed by atoms with van der Waals surface area (Å²) < 4.78 is 0. The molecule has 37 heavy (non-hydrogen) atoms. The molecule has 1 atom stereocenters. The van der Waals surface area contributed by atoms with Crippen LogP contribution in [0.1, 0.15) is 45.5 Å². The van der Waals surface area contributed by atoms with E-state index in [1.54, 1.807) is 12.1 Å². The number of nitrogens with two attached hydrogens (primary N) is 1. The van der Waals surface area contributed by atoms with Crippen molar-refractivity contribution in [3.63, 3.8) is 0 Å². The zero-order chi connectivity index (χ0) is 26.6. The topological polar surface area (TPSA) is 101 Å². The maximum Gasteiger partial charge on any atom is 0.251 e. The van der Waals surface area contributed by atoms with Gasteiger partial charge in [0.05, 0.1) is 12.0 Å². The van der Waals surface area contributed by atoms with Crippen molar-refractivity contribution in [1.82, 2.24) is 10.6 Å². The quantitative estimate of drug-likeness (QED) is 0.397. The Morgan fingerprint density at radius 3 is 2.03 bits per heavy atom. The van der Waals surface area contributed by atoms with Crippen molar-refractivity contribution in [3.8, 4) is 23.5 Å². The van der Waals surface area contributed by atoms with Crippen LogP contribution in [0.5, 0.6) is 0 Å². The molecule has 6 nitrogen and oxygen atoms in total. The standard InChI is InChI=1S/C31H31N3O3/c1-4-15-33-29(36)27(19-22-17-20(2)16-21(3)18-22)34-28(35)25-7-5-23(6-8-25)24-9-11-26(12-10-24)31(13-14-31)30(32)37/h1,5-12,16-18,27H,13-15,19H2,2-3H3,(H2,32,37)(H,33,36)(H,34,35)/t27-/m0/s1. The molecule has 4 N–H and O–H groups in total. The van der Waals surface area contributed by atoms with Crippen LogP contribution in [0.3, 0.4) is 0 Å². The maximum absolute atomic E-state index is 13.1. The van der Waals surface area contributed by atoms with E-state index < -0.39 is 11.5 Å². The summed E-state index contributed by atoms with van der Waals surface area (Å²) in [5.74, 6) is 1.45. The van der Waals surface area contributed by atoms with Gasteiger partial charge < -0.3 is 16.4 Å². The van der Waals surface area contributed by atoms with E-state index in [0.717, 1.165) is 46.2 Å². The van der Waals surface area contributed by atoms with E-state index in [-0.39, 0.29) is 24.3 Å². The van der Waals surface area contributed by atoms with Crippen molar-refractivity contribution >= 4 is 17.7 Å². The number of rotatable bonds is 9. The maximum atomic E-state index is 13.1. The van der Waals surface area contributed by atoms with Gasteiger partial charge in [0.2, 0.25) is 11.8 Å². The summed E-state index contributed by atoms with van der Waals surface area (Å²) in [5, 5.41) is 5.54. The number of aryl methyl sites for hydroxylation is 2. The fraction of sp³-hybridized carbons (Fsp3) is 0.258. The molecule has 0 spiro atoms. The van der Waals surface area contributed by atoms with Crippen molar-refractivity contribution in [2.45, 2.75) is 44.6 Å². The van der Waals surface area contributed by atoms with E-state index in [4.69, 9.17) is 12.2 Å². The third kappa shape index (κ3) is 5.90. The number of carbonyl (C=O) groups excluding carboxylic acids is 3. The smallest absolute Gasteiger partial charge is 0.251 e. The fourth-order valence-electron chi connectivity index (χ4n) is 4.73. The molecule has 3 aromatic carbocycles. The number of primary amides is 1. The first-order chi connectivity index (χ1) is 17.7. The Balaban J connectivity index is 1.47. The Kier molecular flexibility index (Phi) is 7.45. The largest absolute Gasteiger partial charge is 0.369 e. The molecule has 0 saturated heterocycles. The van der Waals surface area contributed by atoms with Crippen LogP contribution in [0.25, 0.3) is 11.1 Å². The van der Waals surface area contributed by atoms with Crippen LogP contribution in [0.15, 0.2) is 66.7 Å². The monoisotopic (exact) mass is 493 g/mol. The van der Waals surface area contributed by atoms with Gasteiger partial charge >= 0.3 is 0 Å². The molecule has 3 aromatic rings. The van der Waals surface area contributed by atoms with Gasteiger partial charge in [-0.3, -0.25) is 14.4 Å². The zero-order valence-electron chi connectivity index (χ0n) is 21.1. The lowest BCUT2D eigenvalue weighted by Crippen LogP contribution is -2.48. The Morgan fingerprint density at radius 1 is 0.946 bits per heavy atom. The summed E-state index contributed by atoms with van der Waals surface area (Å²) in [4.78, 5) is 37.6. The fourth-order valence-corrected chi connectivity index (χ4v) is 4.73. The third-order valence-electron chi connectivity index (χ3n) is 6.85. The molecule has 0 bridgehead atoms. The van der Waals surface area contributed by atoms with Crippen molar-refractivity contribution in [2.24, 2.45) is 5.73 Å². The Labute approximate surface area is 217 Å². The summed E-state index contributed by atoms with van der Waals surface area (Å²) in [6.45, 7) is 4.09. The zero-order valence-corrected chi connectivity index (χ0v) is 21.1. The Morgan fingerprint density at radius 2 is 1.51 bits per heavy atom. The normalized spacial score (nSPS) is 14.2. The molecule has 0 aromatic heterocycles. The van der Waals surface area contributed by atoms with Crippen LogP contribution >= 0.6 is 0 Å². The molecule has 0 heterocycles. The van der Waals surface area contributed by atoms with Crippen LogP contribution in [0, 0.1) is 26.2 Å². The SMILES string of the molecule is C#CCNC(=O)[C@H](Cc1cc(C)cc(C)c1)NC(=O)c1ccc(-c2ccc(C3(C(N)=O)CC3)cc2)cc1. The summed E-state index contributed by atoms with van der Waals surface area (Å²) >= 11 is 0. The second-order valence-electron chi connectivity index (χ2n) is 9.75. The van der Waals surface area contributed by atoms with E-state index in [0.29, 0.717) is 12.0 Å². The van der Waals surface area contributed by atoms with Crippen molar-refractivity contribution in [2.75, 3.05) is 6.54 Å². The number of nitrogens with one attached hydrogen (secondary N) is 2. The predicted molar refractivity (Wildman–Crippen MR) is 145 cm³/mol. The molecule has 0 aliphatic heterocycles. The summed E-state index contributed by atoms with van der Waals surface area (Å²) in [5.41, 5.74) is 11.5. The lowest BCUT2D eigenvalue weighted by Gasteiger charge is -2.19. The van der Waals surface area contributed by atoms with Gasteiger partial charge in [-0.25, -0.2) is 0 Å². The molecule has 1 aliphatic carbocycles. The highest BCUT2D eigenvalue weighted by molar-refractivity contribution is 5.98. The van der Waals surface area contributed by atoms with Gasteiger partial charge in [0.25, 0.3) is 5.91 Å². The molecule has 188 valence electrons. The van der Waals surface area contributed by atoms with Gasteiger partial charge in [0, 0.05) is 12.0 Å². The molecular weight excluding hydrogens is 462 g/mol. The molecule has 6 heteroatoms. The van der Waals surface area contributed by atoms with Crippen molar-refractivity contribution < 1.29 is 14.4 Å². The number of amides is 3. The summed E-state index contributed by atoms with van der Waals surface area (Å²) in [7, 11) is 0. The highest BCUT2D eigenvalue weighted by Gasteiger charge is 2.49. The highest BCUT2D eigenvalue weighted by atomic mass is 16.2. The van der Waals surface area contributed by atoms with Crippen LogP contribution < -0.4 is 16.4 Å². The molecular formula is C31H31N3O3. The van der Waals surface area contributed by atoms with Crippen LogP contribution in [-0.4, -0.2) is 30.3 Å². The van der Waals surface area contributed by atoms with Gasteiger partial charge in [0.1, 0.15) is 6.04 Å². The minimum Gasteiger partial charge on any atom is -0.369 e. The van der Waals surface area contributed by atoms with Gasteiger partial charge in [-0.15, -0.1) is 6.42 Å². The Bertz CT molecular complexity index is 1340. The minimum absolute atomic E-state index is 0.0894. The average molecular weight is 494 g/mol. The van der Waals surface area contributed by atoms with Crippen LogP contribution in [-0.2, 0) is 21.4 Å². The molecule has 1 saturated carbocycles. The number of carbonyl (C=O) groups is 3. The van der Waals surface area contributed by atoms with Crippen molar-refractivity contribution in [1.29, 1.82) is 0 Å². The number of hydrogen-bond acceptors (Lipinski definition) is 3. The van der Waals surface area contributed by atoms with Crippen LogP contribution in [0.4, 0.5) is 0 Å². The highest BCUT2D eigenvalue weighted by Crippen LogP contribution is 2.48. The lowest BCUT2D eigenvalue weighted by molar-refractivity contribution is -0.122. The number of benzene rings is 3. The second kappa shape index (κ2) is 10.7. The van der Waals surface area contributed by atoms with E-state index in [1.807, 2.05) is 62.4 Å². The van der Waals surface area contributed by atoms with Gasteiger partial charge in [0.15, 0.2) is 0 Å². The number of hydrogen-bond donors (Lipinski definition) is 3. The molecule has 0 radical (unpaired) electrons. The van der Waals surface area contributed by atoms with E-state index in [1.165, 1.54) is 0 Å². The first-order valence-electron chi connectivity index (χ1n) is 12.3. The summed E-state index contributed by atoms with van der Waals surface area (Å²) in [6, 6.07) is 20.3. The molecule has 4 rings (SSSR count). The molecule has 1 fully saturated rings. The van der Waals surface area contributed by atoms with Gasteiger partial charge in [-0.1, -0.05) is 71.6 Å². The minimum atomic E-state index is -0.769. The average Bonchev–Trinajstić information content (AvgIpc) is 3.69. The molecule has 1 aliphatic rings. The van der Waals surface area contributed by atoms with Crippen LogP contribution in [0.2, 0.25) is 0 Å². The predicted octanol–water partition coefficient (Wildman–Crippen LogP) is 3.58. The van der Waals surface area contributed by atoms with Gasteiger partial charge in [-0.05, 0) is 61.1 Å². The Hall–Kier alpha value is -4.37. The summed E-state index contributed by atoms with van der Waals surface area (Å²) in [6.07, 6.45) is 7.22. The van der Waals surface area contributed by atoms with E-state index in [9.17, 15) is 14.4 Å². The first kappa shape index (κ1) is 25.7. The first-order valence-corrected chi connectivity index (χ1v) is 12.3. The second-order valence-corrected chi connectivity index (χ2v) is 9.75. The number of terminal acetylenes is 1. The van der Waals surface area contributed by atoms with Gasteiger partial charge in [-0.2, -0.15) is 0 Å². The molecule has 0 unspecified atom stereocenters. The third-order valence-corrected chi connectivity index (χ3v) is 6.85. The molecule has 3 amide bonds. The van der Waals surface area contributed by atoms with Crippen molar-refractivity contribution in [3.05, 3.63) is 94.5 Å². The van der Waals surface area contributed by atoms with E-state index >= 15 is 0 Å². The van der Waals surface area contributed by atoms with E-state index in [2.05, 4.69) is 22.6 Å².